The molecule has 0 spiro atoms. The Bertz CT molecular complexity index is 359. The molecule has 84 valence electrons. The standard InChI is InChI=1S/C11H20N4/c1-8-9(7-13-15(8)4)11(2)10(12)5-6-14(11)3/h7,10H,5-6,12H2,1-4H3. The first-order chi connectivity index (χ1) is 6.98. The van der Waals surface area contributed by atoms with Gasteiger partial charge in [-0.1, -0.05) is 0 Å². The molecule has 1 aromatic heterocycles. The first-order valence-corrected chi connectivity index (χ1v) is 5.43. The smallest absolute Gasteiger partial charge is 0.0616 e. The summed E-state index contributed by atoms with van der Waals surface area (Å²) < 4.78 is 1.92. The van der Waals surface area contributed by atoms with Gasteiger partial charge in [-0.2, -0.15) is 5.10 Å². The first-order valence-electron chi connectivity index (χ1n) is 5.43. The van der Waals surface area contributed by atoms with Crippen molar-refractivity contribution in [2.24, 2.45) is 12.8 Å². The zero-order valence-corrected chi connectivity index (χ0v) is 9.99. The van der Waals surface area contributed by atoms with E-state index >= 15 is 0 Å². The van der Waals surface area contributed by atoms with E-state index in [4.69, 9.17) is 5.73 Å². The molecule has 1 saturated heterocycles. The number of likely N-dealkylation sites (tertiary alicyclic amines) is 1. The average Bonchev–Trinajstić information content (AvgIpc) is 2.65. The van der Waals surface area contributed by atoms with Gasteiger partial charge in [0, 0.05) is 30.9 Å². The summed E-state index contributed by atoms with van der Waals surface area (Å²) in [5.41, 5.74) is 8.65. The molecule has 2 heterocycles. The second-order valence-corrected chi connectivity index (χ2v) is 4.73. The van der Waals surface area contributed by atoms with E-state index in [-0.39, 0.29) is 11.6 Å². The van der Waals surface area contributed by atoms with Crippen molar-refractivity contribution in [1.29, 1.82) is 0 Å². The van der Waals surface area contributed by atoms with Crippen molar-refractivity contribution >= 4 is 0 Å². The summed E-state index contributed by atoms with van der Waals surface area (Å²) in [5.74, 6) is 0. The third-order valence-electron chi connectivity index (χ3n) is 4.07. The molecule has 0 aromatic carbocycles. The van der Waals surface area contributed by atoms with E-state index in [1.807, 2.05) is 17.9 Å². The second kappa shape index (κ2) is 3.32. The number of nitrogens with zero attached hydrogens (tertiary/aromatic N) is 3. The molecule has 1 aliphatic heterocycles. The maximum atomic E-state index is 6.24. The average molecular weight is 208 g/mol. The highest BCUT2D eigenvalue weighted by Crippen LogP contribution is 2.37. The quantitative estimate of drug-likeness (QED) is 0.735. The fourth-order valence-corrected chi connectivity index (χ4v) is 2.53. The van der Waals surface area contributed by atoms with Crippen LogP contribution in [0.15, 0.2) is 6.20 Å². The normalized spacial score (nSPS) is 32.5. The van der Waals surface area contributed by atoms with Crippen molar-refractivity contribution < 1.29 is 0 Å². The van der Waals surface area contributed by atoms with Gasteiger partial charge in [-0.05, 0) is 27.3 Å². The van der Waals surface area contributed by atoms with Gasteiger partial charge in [-0.25, -0.2) is 0 Å². The Morgan fingerprint density at radius 2 is 2.20 bits per heavy atom. The lowest BCUT2D eigenvalue weighted by Gasteiger charge is -2.35. The lowest BCUT2D eigenvalue weighted by molar-refractivity contribution is 0.180. The largest absolute Gasteiger partial charge is 0.326 e. The SMILES string of the molecule is Cc1c(C2(C)C(N)CCN2C)cnn1C. The van der Waals surface area contributed by atoms with Gasteiger partial charge in [0.2, 0.25) is 0 Å². The number of aryl methyl sites for hydroxylation is 1. The molecule has 2 rings (SSSR count). The highest BCUT2D eigenvalue weighted by molar-refractivity contribution is 5.29. The first kappa shape index (κ1) is 10.6. The molecular formula is C11H20N4. The molecule has 2 N–H and O–H groups in total. The molecule has 0 saturated carbocycles. The summed E-state index contributed by atoms with van der Waals surface area (Å²) in [6.45, 7) is 5.38. The van der Waals surface area contributed by atoms with E-state index in [0.29, 0.717) is 0 Å². The van der Waals surface area contributed by atoms with Gasteiger partial charge in [0.15, 0.2) is 0 Å². The van der Waals surface area contributed by atoms with Gasteiger partial charge >= 0.3 is 0 Å². The Morgan fingerprint density at radius 3 is 2.60 bits per heavy atom. The van der Waals surface area contributed by atoms with Gasteiger partial charge < -0.3 is 5.73 Å². The van der Waals surface area contributed by atoms with Crippen LogP contribution in [-0.2, 0) is 12.6 Å². The number of nitrogens with two attached hydrogens (primary N) is 1. The molecule has 4 heteroatoms. The summed E-state index contributed by atoms with van der Waals surface area (Å²) in [5, 5.41) is 4.31. The Balaban J connectivity index is 2.49. The third kappa shape index (κ3) is 1.32. The van der Waals surface area contributed by atoms with E-state index in [1.165, 1.54) is 11.3 Å². The van der Waals surface area contributed by atoms with Crippen molar-refractivity contribution in [2.45, 2.75) is 31.8 Å². The lowest BCUT2D eigenvalue weighted by Crippen LogP contribution is -2.47. The van der Waals surface area contributed by atoms with Crippen LogP contribution in [0.25, 0.3) is 0 Å². The Morgan fingerprint density at radius 1 is 1.53 bits per heavy atom. The van der Waals surface area contributed by atoms with Gasteiger partial charge in [0.25, 0.3) is 0 Å². The highest BCUT2D eigenvalue weighted by atomic mass is 15.3. The van der Waals surface area contributed by atoms with Crippen LogP contribution in [0.5, 0.6) is 0 Å². The highest BCUT2D eigenvalue weighted by Gasteiger charge is 2.44. The molecule has 4 nitrogen and oxygen atoms in total. The fraction of sp³-hybridized carbons (Fsp3) is 0.727. The Labute approximate surface area is 91.1 Å². The maximum Gasteiger partial charge on any atom is 0.0616 e. The molecule has 15 heavy (non-hydrogen) atoms. The van der Waals surface area contributed by atoms with Crippen molar-refractivity contribution in [1.82, 2.24) is 14.7 Å². The molecule has 1 aliphatic rings. The van der Waals surface area contributed by atoms with Gasteiger partial charge in [-0.15, -0.1) is 0 Å². The van der Waals surface area contributed by atoms with Crippen LogP contribution < -0.4 is 5.73 Å². The van der Waals surface area contributed by atoms with Crippen molar-refractivity contribution in [2.75, 3.05) is 13.6 Å². The molecule has 0 aliphatic carbocycles. The van der Waals surface area contributed by atoms with E-state index in [0.717, 1.165) is 13.0 Å². The van der Waals surface area contributed by atoms with Crippen LogP contribution in [0, 0.1) is 6.92 Å². The minimum absolute atomic E-state index is 0.0572. The number of hydrogen-bond donors (Lipinski definition) is 1. The van der Waals surface area contributed by atoms with Crippen molar-refractivity contribution in [3.05, 3.63) is 17.5 Å². The molecule has 1 fully saturated rings. The van der Waals surface area contributed by atoms with Gasteiger partial charge in [0.05, 0.1) is 11.7 Å². The number of hydrogen-bond acceptors (Lipinski definition) is 3. The van der Waals surface area contributed by atoms with Gasteiger partial charge in [0.1, 0.15) is 0 Å². The molecule has 0 radical (unpaired) electrons. The second-order valence-electron chi connectivity index (χ2n) is 4.73. The lowest BCUT2D eigenvalue weighted by atomic mass is 9.86. The summed E-state index contributed by atoms with van der Waals surface area (Å²) in [7, 11) is 4.11. The summed E-state index contributed by atoms with van der Waals surface area (Å²) in [6.07, 6.45) is 3.01. The van der Waals surface area contributed by atoms with E-state index in [2.05, 4.69) is 30.9 Å². The van der Waals surface area contributed by atoms with Crippen molar-refractivity contribution in [3.63, 3.8) is 0 Å². The third-order valence-corrected chi connectivity index (χ3v) is 4.07. The Kier molecular flexibility index (Phi) is 2.35. The predicted molar refractivity (Wildman–Crippen MR) is 60.5 cm³/mol. The number of aromatic nitrogens is 2. The van der Waals surface area contributed by atoms with Gasteiger partial charge in [-0.3, -0.25) is 9.58 Å². The van der Waals surface area contributed by atoms with Crippen LogP contribution in [0.3, 0.4) is 0 Å². The summed E-state index contributed by atoms with van der Waals surface area (Å²) in [6, 6.07) is 0.199. The maximum absolute atomic E-state index is 6.24. The molecule has 0 bridgehead atoms. The molecule has 2 unspecified atom stereocenters. The number of rotatable bonds is 1. The van der Waals surface area contributed by atoms with E-state index in [9.17, 15) is 0 Å². The van der Waals surface area contributed by atoms with Crippen LogP contribution >= 0.6 is 0 Å². The predicted octanol–water partition coefficient (Wildman–Crippen LogP) is 0.607. The van der Waals surface area contributed by atoms with Crippen molar-refractivity contribution in [3.8, 4) is 0 Å². The zero-order chi connectivity index (χ0) is 11.2. The molecule has 0 amide bonds. The van der Waals surface area contributed by atoms with Crippen LogP contribution in [-0.4, -0.2) is 34.3 Å². The van der Waals surface area contributed by atoms with E-state index < -0.39 is 0 Å². The Hall–Kier alpha value is -0.870. The van der Waals surface area contributed by atoms with Crippen LogP contribution in [0.2, 0.25) is 0 Å². The summed E-state index contributed by atoms with van der Waals surface area (Å²) in [4.78, 5) is 2.34. The minimum Gasteiger partial charge on any atom is -0.326 e. The fourth-order valence-electron chi connectivity index (χ4n) is 2.53. The van der Waals surface area contributed by atoms with Crippen LogP contribution in [0.4, 0.5) is 0 Å². The zero-order valence-electron chi connectivity index (χ0n) is 9.99. The molecule has 2 atom stereocenters. The number of likely N-dealkylation sites (N-methyl/N-ethyl adjacent to an activating group) is 1. The summed E-state index contributed by atoms with van der Waals surface area (Å²) >= 11 is 0. The van der Waals surface area contributed by atoms with Crippen LogP contribution in [0.1, 0.15) is 24.6 Å². The minimum atomic E-state index is -0.0572. The topological polar surface area (TPSA) is 47.1 Å². The molecule has 1 aromatic rings. The molecular weight excluding hydrogens is 188 g/mol. The monoisotopic (exact) mass is 208 g/mol. The van der Waals surface area contributed by atoms with E-state index in [1.54, 1.807) is 0 Å².